The number of nitrogens with two attached hydrogens (primary N) is 1. The van der Waals surface area contributed by atoms with Gasteiger partial charge in [0.1, 0.15) is 0 Å². The molecule has 0 aromatic rings. The largest absolute Gasteiger partial charge is 1.00 e. The van der Waals surface area contributed by atoms with Crippen LogP contribution in [-0.2, 0) is 19.2 Å². The molecule has 6 N–H and O–H groups in total. The Bertz CT molecular complexity index is 370. The summed E-state index contributed by atoms with van der Waals surface area (Å²) in [7, 11) is 0. The smallest absolute Gasteiger partial charge is 1.00 e. The molecule has 112 valence electrons. The zero-order chi connectivity index (χ0) is 15.2. The predicted octanol–water partition coefficient (Wildman–Crippen LogP) is -6.57. The molecule has 0 bridgehead atoms. The van der Waals surface area contributed by atoms with Gasteiger partial charge in [-0.05, 0) is 0 Å². The average molecular weight is 325 g/mol. The van der Waals surface area contributed by atoms with Gasteiger partial charge in [0.05, 0.1) is 25.7 Å². The minimum Gasteiger partial charge on any atom is -1.00 e. The third-order valence-electron chi connectivity index (χ3n) is 2.69. The molecule has 1 unspecified atom stereocenters. The Kier molecular flexibility index (Phi) is 14.0. The van der Waals surface area contributed by atoms with Crippen LogP contribution in [0.2, 0.25) is 0 Å². The summed E-state index contributed by atoms with van der Waals surface area (Å²) in [5.74, 6) is -5.69. The van der Waals surface area contributed by atoms with Crippen LogP contribution in [0.25, 0.3) is 0 Å². The normalized spacial score (nSPS) is 11.5. The van der Waals surface area contributed by atoms with Crippen LogP contribution < -0.4 is 64.8 Å². The van der Waals surface area contributed by atoms with E-state index in [-0.39, 0.29) is 62.0 Å². The van der Waals surface area contributed by atoms with E-state index in [9.17, 15) is 19.2 Å². The van der Waals surface area contributed by atoms with Crippen LogP contribution in [0.15, 0.2) is 0 Å². The van der Waals surface area contributed by atoms with E-state index in [0.29, 0.717) is 0 Å². The fourth-order valence-electron chi connectivity index (χ4n) is 1.89. The third-order valence-corrected chi connectivity index (χ3v) is 2.69. The van der Waals surface area contributed by atoms with Crippen LogP contribution in [-0.4, -0.2) is 50.3 Å². The molecule has 1 atom stereocenters. The minimum absolute atomic E-state index is 0. The number of hydrogen-bond acceptors (Lipinski definition) is 5. The second kappa shape index (κ2) is 11.4. The predicted molar refractivity (Wildman–Crippen MR) is 61.6 cm³/mol. The number of aliphatic carboxylic acids is 4. The first-order valence-corrected chi connectivity index (χ1v) is 5.22. The van der Waals surface area contributed by atoms with Crippen molar-refractivity contribution in [2.45, 2.75) is 31.7 Å². The van der Waals surface area contributed by atoms with Crippen molar-refractivity contribution >= 4 is 23.9 Å². The van der Waals surface area contributed by atoms with Crippen molar-refractivity contribution < 1.29 is 102 Å². The van der Waals surface area contributed by atoms with Gasteiger partial charge in [-0.3, -0.25) is 19.2 Å². The second-order valence-corrected chi connectivity index (χ2v) is 4.28. The molecule has 21 heavy (non-hydrogen) atoms. The molecule has 0 aromatic carbocycles. The number of hydrogen-bond donors (Lipinski definition) is 5. The molecule has 0 aromatic heterocycles. The number of carbonyl (C=O) groups is 4. The average Bonchev–Trinajstić information content (AvgIpc) is 2.12. The van der Waals surface area contributed by atoms with Gasteiger partial charge in [-0.25, -0.2) is 0 Å². The summed E-state index contributed by atoms with van der Waals surface area (Å²) in [6, 6.07) is -1.40. The molecular weight excluding hydrogens is 308 g/mol. The standard InChI is InChI=1S/C10H15NO8.2Na.2H/c11-5(1-6(12)13)10(2-7(14)15,3-8(16)17)4-9(18)19;;;;/h5H,1-4,11H2,(H,12,13)(H,14,15)(H,16,17)(H,18,19);;;;/q;2*+1;2*-1. The maximum absolute atomic E-state index is 10.8. The van der Waals surface area contributed by atoms with Crippen LogP contribution in [0.1, 0.15) is 28.5 Å². The zero-order valence-corrected chi connectivity index (χ0v) is 15.9. The molecule has 0 saturated heterocycles. The fraction of sp³-hybridized carbons (Fsp3) is 0.600. The summed E-state index contributed by atoms with van der Waals surface area (Å²) in [6.07, 6.45) is -3.21. The van der Waals surface area contributed by atoms with E-state index in [1.807, 2.05) is 0 Å². The van der Waals surface area contributed by atoms with Crippen molar-refractivity contribution in [2.24, 2.45) is 11.1 Å². The van der Waals surface area contributed by atoms with Gasteiger partial charge in [-0.1, -0.05) is 0 Å². The summed E-state index contributed by atoms with van der Waals surface area (Å²) < 4.78 is 0. The Hall–Kier alpha value is -0.160. The molecule has 0 rings (SSSR count). The Morgan fingerprint density at radius 1 is 0.810 bits per heavy atom. The van der Waals surface area contributed by atoms with Gasteiger partial charge in [0, 0.05) is 11.5 Å². The third kappa shape index (κ3) is 10.2. The quantitative estimate of drug-likeness (QED) is 0.258. The van der Waals surface area contributed by atoms with Crippen molar-refractivity contribution in [1.82, 2.24) is 0 Å². The van der Waals surface area contributed by atoms with Crippen molar-refractivity contribution in [3.05, 3.63) is 0 Å². The van der Waals surface area contributed by atoms with Crippen LogP contribution >= 0.6 is 0 Å². The van der Waals surface area contributed by atoms with Crippen molar-refractivity contribution in [3.63, 3.8) is 0 Å². The summed E-state index contributed by atoms with van der Waals surface area (Å²) in [5, 5.41) is 34.9. The Balaban J connectivity index is -0.000000270. The second-order valence-electron chi connectivity index (χ2n) is 4.28. The topological polar surface area (TPSA) is 175 Å². The molecule has 0 heterocycles. The Morgan fingerprint density at radius 3 is 1.29 bits per heavy atom. The van der Waals surface area contributed by atoms with Crippen molar-refractivity contribution in [1.29, 1.82) is 0 Å². The van der Waals surface area contributed by atoms with Gasteiger partial charge in [0.25, 0.3) is 0 Å². The first kappa shape index (κ1) is 25.8. The molecule has 9 nitrogen and oxygen atoms in total. The minimum atomic E-state index is -1.85. The molecule has 0 aliphatic carbocycles. The molecule has 0 spiro atoms. The Labute approximate surface area is 167 Å². The maximum atomic E-state index is 10.8. The van der Waals surface area contributed by atoms with E-state index in [0.717, 1.165) is 0 Å². The van der Waals surface area contributed by atoms with Gasteiger partial charge in [-0.2, -0.15) is 0 Å². The number of carboxylic acid groups (broad SMARTS) is 4. The van der Waals surface area contributed by atoms with Gasteiger partial charge in [-0.15, -0.1) is 0 Å². The molecule has 0 radical (unpaired) electrons. The van der Waals surface area contributed by atoms with E-state index in [4.69, 9.17) is 26.2 Å². The van der Waals surface area contributed by atoms with E-state index in [1.54, 1.807) is 0 Å². The Morgan fingerprint density at radius 2 is 1.10 bits per heavy atom. The molecule has 11 heteroatoms. The van der Waals surface area contributed by atoms with Crippen molar-refractivity contribution in [3.8, 4) is 0 Å². The fourth-order valence-corrected chi connectivity index (χ4v) is 1.89. The summed E-state index contributed by atoms with van der Waals surface area (Å²) in [4.78, 5) is 42.9. The van der Waals surface area contributed by atoms with E-state index in [2.05, 4.69) is 0 Å². The van der Waals surface area contributed by atoms with Crippen LogP contribution in [0.5, 0.6) is 0 Å². The number of rotatable bonds is 9. The maximum Gasteiger partial charge on any atom is 1.00 e. The molecule has 0 saturated carbocycles. The van der Waals surface area contributed by atoms with Crippen LogP contribution in [0, 0.1) is 5.41 Å². The van der Waals surface area contributed by atoms with Crippen LogP contribution in [0.3, 0.4) is 0 Å². The first-order valence-electron chi connectivity index (χ1n) is 5.22. The summed E-state index contributed by atoms with van der Waals surface area (Å²) in [5.41, 5.74) is 3.68. The molecular formula is C10H17NNa2O8. The van der Waals surface area contributed by atoms with Crippen LogP contribution in [0.4, 0.5) is 0 Å². The molecule has 0 amide bonds. The van der Waals surface area contributed by atoms with Gasteiger partial charge >= 0.3 is 83.0 Å². The summed E-state index contributed by atoms with van der Waals surface area (Å²) in [6.45, 7) is 0. The van der Waals surface area contributed by atoms with E-state index < -0.39 is 61.0 Å². The van der Waals surface area contributed by atoms with E-state index >= 15 is 0 Å². The molecule has 0 fully saturated rings. The first-order chi connectivity index (χ1) is 8.59. The molecule has 0 aliphatic rings. The number of carboxylic acids is 4. The summed E-state index contributed by atoms with van der Waals surface area (Å²) >= 11 is 0. The van der Waals surface area contributed by atoms with Crippen molar-refractivity contribution in [2.75, 3.05) is 0 Å². The SMILES string of the molecule is NC(CC(=O)O)C(CC(=O)O)(CC(=O)O)CC(=O)O.[H-].[H-].[Na+].[Na+]. The molecule has 0 aliphatic heterocycles. The van der Waals surface area contributed by atoms with E-state index in [1.165, 1.54) is 0 Å². The monoisotopic (exact) mass is 325 g/mol. The zero-order valence-electron chi connectivity index (χ0n) is 13.9. The van der Waals surface area contributed by atoms with Gasteiger partial charge < -0.3 is 29.0 Å². The van der Waals surface area contributed by atoms with Gasteiger partial charge in [0.2, 0.25) is 0 Å². The van der Waals surface area contributed by atoms with Gasteiger partial charge in [0.15, 0.2) is 0 Å².